The molecule has 0 saturated heterocycles. The summed E-state index contributed by atoms with van der Waals surface area (Å²) in [5.74, 6) is 1.79. The Morgan fingerprint density at radius 3 is 2.55 bits per heavy atom. The van der Waals surface area contributed by atoms with Crippen LogP contribution in [0.2, 0.25) is 0 Å². The Kier molecular flexibility index (Phi) is 6.66. The van der Waals surface area contributed by atoms with Crippen LogP contribution in [0.4, 0.5) is 0 Å². The number of ketones is 1. The quantitative estimate of drug-likeness (QED) is 0.296. The second-order valence-corrected chi connectivity index (χ2v) is 12.8. The first-order valence-electron chi connectivity index (χ1n) is 13.5. The molecule has 3 saturated carbocycles. The van der Waals surface area contributed by atoms with E-state index in [1.807, 2.05) is 6.92 Å². The van der Waals surface area contributed by atoms with E-state index >= 15 is 0 Å². The second-order valence-electron chi connectivity index (χ2n) is 12.8. The maximum absolute atomic E-state index is 12.4. The Labute approximate surface area is 200 Å². The summed E-state index contributed by atoms with van der Waals surface area (Å²) >= 11 is 0. The van der Waals surface area contributed by atoms with Gasteiger partial charge in [-0.05, 0) is 119 Å². The van der Waals surface area contributed by atoms with Crippen molar-refractivity contribution in [2.45, 2.75) is 105 Å². The highest BCUT2D eigenvalue weighted by Crippen LogP contribution is 2.67. The number of rotatable bonds is 6. The van der Waals surface area contributed by atoms with E-state index in [2.05, 4.69) is 26.8 Å². The van der Waals surface area contributed by atoms with Crippen molar-refractivity contribution >= 4 is 11.8 Å². The van der Waals surface area contributed by atoms with Crippen LogP contribution in [0.3, 0.4) is 0 Å². The third-order valence-corrected chi connectivity index (χ3v) is 10.7. The Morgan fingerprint density at radius 1 is 1.15 bits per heavy atom. The average Bonchev–Trinajstić information content (AvgIpc) is 3.09. The van der Waals surface area contributed by atoms with Crippen LogP contribution < -0.4 is 0 Å². The van der Waals surface area contributed by atoms with Crippen molar-refractivity contribution in [3.05, 3.63) is 11.6 Å². The molecule has 0 heterocycles. The van der Waals surface area contributed by atoms with Crippen molar-refractivity contribution in [2.75, 3.05) is 6.61 Å². The Balaban J connectivity index is 1.54. The average molecular weight is 459 g/mol. The number of carbonyl (C=O) groups excluding carboxylic acids is 2. The molecular formula is C29H46O4. The fourth-order valence-corrected chi connectivity index (χ4v) is 8.88. The van der Waals surface area contributed by atoms with Crippen LogP contribution in [-0.2, 0) is 14.3 Å². The number of hydrogen-bond donors (Lipinski definition) is 1. The summed E-state index contributed by atoms with van der Waals surface area (Å²) in [6, 6.07) is 0. The second kappa shape index (κ2) is 8.81. The molecule has 9 atom stereocenters. The predicted molar refractivity (Wildman–Crippen MR) is 130 cm³/mol. The van der Waals surface area contributed by atoms with Crippen LogP contribution in [0.15, 0.2) is 11.6 Å². The molecule has 4 aliphatic rings. The first-order chi connectivity index (χ1) is 15.4. The van der Waals surface area contributed by atoms with Crippen LogP contribution in [0.25, 0.3) is 0 Å². The van der Waals surface area contributed by atoms with Gasteiger partial charge in [0, 0.05) is 0 Å². The van der Waals surface area contributed by atoms with E-state index in [-0.39, 0.29) is 22.6 Å². The maximum Gasteiger partial charge on any atom is 0.316 e. The molecule has 0 spiro atoms. The molecular weight excluding hydrogens is 412 g/mol. The van der Waals surface area contributed by atoms with E-state index in [4.69, 9.17) is 4.74 Å². The molecule has 1 N–H and O–H groups in total. The van der Waals surface area contributed by atoms with Gasteiger partial charge in [0.05, 0.1) is 12.2 Å². The zero-order chi connectivity index (χ0) is 24.2. The number of ether oxygens (including phenoxy) is 1. The van der Waals surface area contributed by atoms with Crippen molar-refractivity contribution in [3.8, 4) is 0 Å². The van der Waals surface area contributed by atoms with Gasteiger partial charge in [-0.2, -0.15) is 0 Å². The van der Waals surface area contributed by atoms with Crippen molar-refractivity contribution in [1.29, 1.82) is 0 Å². The first kappa shape index (κ1) is 24.9. The van der Waals surface area contributed by atoms with Gasteiger partial charge in [0.2, 0.25) is 0 Å². The largest absolute Gasteiger partial charge is 0.465 e. The summed E-state index contributed by atoms with van der Waals surface area (Å²) in [5.41, 5.74) is 1.70. The van der Waals surface area contributed by atoms with Crippen molar-refractivity contribution in [2.24, 2.45) is 46.3 Å². The lowest BCUT2D eigenvalue weighted by atomic mass is 9.47. The lowest BCUT2D eigenvalue weighted by Crippen LogP contribution is -2.51. The van der Waals surface area contributed by atoms with Gasteiger partial charge in [-0.3, -0.25) is 9.59 Å². The smallest absolute Gasteiger partial charge is 0.316 e. The fraction of sp³-hybridized carbons (Fsp3) is 0.862. The number of fused-ring (bicyclic) bond motifs is 5. The molecule has 0 bridgehead atoms. The first-order valence-corrected chi connectivity index (χ1v) is 13.5. The molecule has 186 valence electrons. The van der Waals surface area contributed by atoms with Gasteiger partial charge in [0.25, 0.3) is 0 Å². The third-order valence-electron chi connectivity index (χ3n) is 10.7. The SMILES string of the molecule is CCOC(=O)C(C[C@@H](C)[C@H]1CC[C@H]2[C@@H]3CC[C@H]4C[C@@](C)(O)CC[C@]4(C)C3=CC[C@]12C)C(C)=O. The van der Waals surface area contributed by atoms with Gasteiger partial charge in [-0.1, -0.05) is 32.4 Å². The number of esters is 1. The van der Waals surface area contributed by atoms with Crippen LogP contribution >= 0.6 is 0 Å². The molecule has 4 aliphatic carbocycles. The Bertz CT molecular complexity index is 812. The fourth-order valence-electron chi connectivity index (χ4n) is 8.88. The molecule has 4 heteroatoms. The molecule has 0 aromatic rings. The molecule has 0 amide bonds. The van der Waals surface area contributed by atoms with Gasteiger partial charge in [0.1, 0.15) is 11.7 Å². The van der Waals surface area contributed by atoms with E-state index in [1.54, 1.807) is 12.5 Å². The van der Waals surface area contributed by atoms with E-state index in [9.17, 15) is 14.7 Å². The summed E-state index contributed by atoms with van der Waals surface area (Å²) in [5, 5.41) is 10.7. The normalized spacial score (nSPS) is 44.0. The van der Waals surface area contributed by atoms with Gasteiger partial charge in [-0.15, -0.1) is 0 Å². The molecule has 4 rings (SSSR count). The molecule has 0 aliphatic heterocycles. The van der Waals surface area contributed by atoms with Crippen LogP contribution in [0.1, 0.15) is 99.3 Å². The molecule has 0 aromatic carbocycles. The van der Waals surface area contributed by atoms with E-state index < -0.39 is 11.5 Å². The number of aliphatic hydroxyl groups is 1. The number of Topliss-reactive ketones (excluding diaryl/α,β-unsaturated/α-hetero) is 1. The highest BCUT2D eigenvalue weighted by atomic mass is 16.5. The number of hydrogen-bond acceptors (Lipinski definition) is 4. The van der Waals surface area contributed by atoms with Crippen molar-refractivity contribution in [1.82, 2.24) is 0 Å². The summed E-state index contributed by atoms with van der Waals surface area (Å²) < 4.78 is 5.22. The van der Waals surface area contributed by atoms with Gasteiger partial charge < -0.3 is 9.84 Å². The zero-order valence-electron chi connectivity index (χ0n) is 21.8. The van der Waals surface area contributed by atoms with Gasteiger partial charge in [-0.25, -0.2) is 0 Å². The highest BCUT2D eigenvalue weighted by molar-refractivity contribution is 5.97. The Hall–Kier alpha value is -1.16. The standard InChI is InChI=1S/C29H46O4/c1-7-33-26(31)22(19(3)30)16-18(2)23-10-11-24-21-9-8-20-17-27(4,32)14-15-28(20,5)25(21)12-13-29(23,24)6/h12,18,20-24,32H,7-11,13-17H2,1-6H3/t18-,20+,21+,22?,23-,24+,27+,28+,29-/m1/s1. The van der Waals surface area contributed by atoms with E-state index in [1.165, 1.54) is 32.6 Å². The zero-order valence-corrected chi connectivity index (χ0v) is 21.8. The molecule has 33 heavy (non-hydrogen) atoms. The van der Waals surface area contributed by atoms with Crippen LogP contribution in [0.5, 0.6) is 0 Å². The highest BCUT2D eigenvalue weighted by Gasteiger charge is 2.58. The molecule has 3 fully saturated rings. The molecule has 0 aromatic heterocycles. The van der Waals surface area contributed by atoms with Gasteiger partial charge >= 0.3 is 5.97 Å². The summed E-state index contributed by atoms with van der Waals surface area (Å²) in [7, 11) is 0. The molecule has 4 nitrogen and oxygen atoms in total. The maximum atomic E-state index is 12.4. The minimum absolute atomic E-state index is 0.0646. The van der Waals surface area contributed by atoms with E-state index in [0.29, 0.717) is 42.6 Å². The van der Waals surface area contributed by atoms with Crippen molar-refractivity contribution in [3.63, 3.8) is 0 Å². The van der Waals surface area contributed by atoms with Crippen molar-refractivity contribution < 1.29 is 19.4 Å². The monoisotopic (exact) mass is 458 g/mol. The van der Waals surface area contributed by atoms with Crippen LogP contribution in [-0.4, -0.2) is 29.1 Å². The predicted octanol–water partition coefficient (Wildman–Crippen LogP) is 6.11. The molecule has 0 radical (unpaired) electrons. The minimum Gasteiger partial charge on any atom is -0.465 e. The summed E-state index contributed by atoms with van der Waals surface area (Å²) in [6.07, 6.45) is 12.2. The lowest BCUT2D eigenvalue weighted by molar-refractivity contribution is -0.152. The van der Waals surface area contributed by atoms with Crippen LogP contribution in [0, 0.1) is 46.3 Å². The third kappa shape index (κ3) is 4.23. The Morgan fingerprint density at radius 2 is 1.88 bits per heavy atom. The minimum atomic E-state index is -0.623. The van der Waals surface area contributed by atoms with E-state index in [0.717, 1.165) is 25.7 Å². The number of carbonyl (C=O) groups is 2. The number of allylic oxidation sites excluding steroid dienone is 2. The summed E-state index contributed by atoms with van der Waals surface area (Å²) in [4.78, 5) is 24.7. The summed E-state index contributed by atoms with van der Waals surface area (Å²) in [6.45, 7) is 12.9. The topological polar surface area (TPSA) is 63.6 Å². The van der Waals surface area contributed by atoms with Gasteiger partial charge in [0.15, 0.2) is 0 Å². The lowest BCUT2D eigenvalue weighted by Gasteiger charge is -2.58. The molecule has 1 unspecified atom stereocenters.